The summed E-state index contributed by atoms with van der Waals surface area (Å²) in [6.45, 7) is 0. The Hall–Kier alpha value is 0.680. The van der Waals surface area contributed by atoms with Gasteiger partial charge in [-0.05, 0) is 0 Å². The SMILES string of the molecule is F.F.F.F.N.[NaH]. The van der Waals surface area contributed by atoms with Gasteiger partial charge in [0.2, 0.25) is 0 Å². The van der Waals surface area contributed by atoms with E-state index in [1.54, 1.807) is 0 Å². The van der Waals surface area contributed by atoms with Crippen molar-refractivity contribution in [3.8, 4) is 0 Å². The Morgan fingerprint density at radius 3 is 0.500 bits per heavy atom. The molecule has 0 aromatic rings. The van der Waals surface area contributed by atoms with Gasteiger partial charge in [-0.15, -0.1) is 0 Å². The fourth-order valence-electron chi connectivity index (χ4n) is 0. The summed E-state index contributed by atoms with van der Waals surface area (Å²) in [5.74, 6) is 0. The van der Waals surface area contributed by atoms with Crippen molar-refractivity contribution in [3.05, 3.63) is 0 Å². The van der Waals surface area contributed by atoms with E-state index >= 15 is 0 Å². The van der Waals surface area contributed by atoms with Crippen LogP contribution < -0.4 is 6.15 Å². The summed E-state index contributed by atoms with van der Waals surface area (Å²) >= 11 is 0. The summed E-state index contributed by atoms with van der Waals surface area (Å²) in [5, 5.41) is 0. The van der Waals surface area contributed by atoms with Gasteiger partial charge < -0.3 is 6.15 Å². The van der Waals surface area contributed by atoms with E-state index in [-0.39, 0.29) is 54.5 Å². The van der Waals surface area contributed by atoms with Gasteiger partial charge in [-0.25, -0.2) is 0 Å². The third kappa shape index (κ3) is 137. The summed E-state index contributed by atoms with van der Waals surface area (Å²) in [5.41, 5.74) is 0. The predicted molar refractivity (Wildman–Crippen MR) is 22.2 cm³/mol. The molecule has 0 heterocycles. The van der Waals surface area contributed by atoms with Gasteiger partial charge in [-0.2, -0.15) is 0 Å². The average Bonchev–Trinajstić information content (AvgIpc) is 0. The van der Waals surface area contributed by atoms with E-state index in [0.717, 1.165) is 0 Å². The Balaban J connectivity index is 0. The zero-order chi connectivity index (χ0) is 0. The zero-order valence-corrected chi connectivity index (χ0v) is 2.34. The van der Waals surface area contributed by atoms with Crippen LogP contribution in [-0.2, 0) is 0 Å². The molecule has 0 aliphatic rings. The summed E-state index contributed by atoms with van der Waals surface area (Å²) < 4.78 is 0. The molecule has 0 aromatic carbocycles. The zero-order valence-electron chi connectivity index (χ0n) is 2.34. The molecule has 0 saturated heterocycles. The van der Waals surface area contributed by atoms with Gasteiger partial charge in [0.1, 0.15) is 0 Å². The fourth-order valence-corrected chi connectivity index (χ4v) is 0. The van der Waals surface area contributed by atoms with E-state index in [1.807, 2.05) is 0 Å². The molecule has 0 saturated carbocycles. The van der Waals surface area contributed by atoms with Gasteiger partial charge in [0.15, 0.2) is 0 Å². The average molecular weight is 121 g/mol. The van der Waals surface area contributed by atoms with Crippen LogP contribution in [0.5, 0.6) is 0 Å². The maximum atomic E-state index is 0. The quantitative estimate of drug-likeness (QED) is 0.358. The first-order valence-corrected chi connectivity index (χ1v) is 0. The molecule has 0 fully saturated rings. The van der Waals surface area contributed by atoms with E-state index in [2.05, 4.69) is 0 Å². The second kappa shape index (κ2) is 269. The molecule has 42 valence electrons. The van der Waals surface area contributed by atoms with Gasteiger partial charge in [0.05, 0.1) is 0 Å². The van der Waals surface area contributed by atoms with Crippen LogP contribution in [-0.4, -0.2) is 29.6 Å². The number of halogens is 4. The molecule has 1 nitrogen and oxygen atoms in total. The Morgan fingerprint density at radius 2 is 0.500 bits per heavy atom. The fraction of sp³-hybridized carbons (Fsp3) is 0. The molecule has 0 aromatic heterocycles. The van der Waals surface area contributed by atoms with Crippen molar-refractivity contribution in [2.45, 2.75) is 0 Å². The van der Waals surface area contributed by atoms with Crippen molar-refractivity contribution in [1.29, 1.82) is 0 Å². The predicted octanol–water partition coefficient (Wildman–Crippen LogP) is 0.124. The first-order chi connectivity index (χ1) is 0. The van der Waals surface area contributed by atoms with Gasteiger partial charge in [-0.3, -0.25) is 18.8 Å². The summed E-state index contributed by atoms with van der Waals surface area (Å²) in [7, 11) is 0. The Kier molecular flexibility index (Phi) is 20900. The molecular formula is H8F4NNa. The third-order valence-electron chi connectivity index (χ3n) is 0. The Labute approximate surface area is 54.8 Å². The van der Waals surface area contributed by atoms with E-state index in [4.69, 9.17) is 0 Å². The normalized spacial score (nSPS) is 0. The van der Waals surface area contributed by atoms with Crippen LogP contribution in [0.2, 0.25) is 0 Å². The molecule has 0 amide bonds. The first-order valence-electron chi connectivity index (χ1n) is 0. The minimum atomic E-state index is 0. The molecule has 0 unspecified atom stereocenters. The van der Waals surface area contributed by atoms with Crippen LogP contribution in [0, 0.1) is 0 Å². The Bertz CT molecular complexity index is 7.51. The molecule has 0 aliphatic heterocycles. The standard InChI is InChI=1S/4FH.H3N.Na.H/h4*1H;1H3;;. The third-order valence-corrected chi connectivity index (χ3v) is 0. The molecule has 0 aliphatic carbocycles. The van der Waals surface area contributed by atoms with Crippen molar-refractivity contribution in [3.63, 3.8) is 0 Å². The first kappa shape index (κ1) is 466. The topological polar surface area (TPSA) is 35.0 Å². The number of hydrogen-bond acceptors (Lipinski definition) is 1. The number of rotatable bonds is 0. The van der Waals surface area contributed by atoms with Gasteiger partial charge in [0.25, 0.3) is 0 Å². The second-order valence-corrected chi connectivity index (χ2v) is 0. The van der Waals surface area contributed by atoms with Gasteiger partial charge in [-0.1, -0.05) is 0 Å². The van der Waals surface area contributed by atoms with E-state index in [0.29, 0.717) is 0 Å². The minimum absolute atomic E-state index is 0. The van der Waals surface area contributed by atoms with Crippen LogP contribution in [0.1, 0.15) is 0 Å². The second-order valence-electron chi connectivity index (χ2n) is 0. The molecule has 0 bridgehead atoms. The van der Waals surface area contributed by atoms with Gasteiger partial charge in [0, 0.05) is 0 Å². The van der Waals surface area contributed by atoms with Crippen molar-refractivity contribution < 1.29 is 18.8 Å². The van der Waals surface area contributed by atoms with Crippen LogP contribution in [0.4, 0.5) is 18.8 Å². The maximum absolute atomic E-state index is 0. The molecule has 0 atom stereocenters. The van der Waals surface area contributed by atoms with Crippen molar-refractivity contribution in [2.24, 2.45) is 0 Å². The van der Waals surface area contributed by atoms with E-state index < -0.39 is 0 Å². The molecule has 3 N–H and O–H groups in total. The van der Waals surface area contributed by atoms with Crippen molar-refractivity contribution in [2.75, 3.05) is 0 Å². The monoisotopic (exact) mass is 121 g/mol. The number of hydrogen-bond donors (Lipinski definition) is 1. The van der Waals surface area contributed by atoms with Crippen LogP contribution in [0.25, 0.3) is 0 Å². The van der Waals surface area contributed by atoms with E-state index in [1.165, 1.54) is 0 Å². The Morgan fingerprint density at radius 1 is 0.500 bits per heavy atom. The molecule has 6 heavy (non-hydrogen) atoms. The van der Waals surface area contributed by atoms with Crippen molar-refractivity contribution >= 4 is 29.6 Å². The summed E-state index contributed by atoms with van der Waals surface area (Å²) in [4.78, 5) is 0. The molecule has 0 radical (unpaired) electrons. The molecule has 0 rings (SSSR count). The summed E-state index contributed by atoms with van der Waals surface area (Å²) in [6.07, 6.45) is 0. The summed E-state index contributed by atoms with van der Waals surface area (Å²) in [6, 6.07) is 0. The van der Waals surface area contributed by atoms with Crippen LogP contribution in [0.3, 0.4) is 0 Å². The van der Waals surface area contributed by atoms with Crippen LogP contribution >= 0.6 is 0 Å². The van der Waals surface area contributed by atoms with Gasteiger partial charge >= 0.3 is 29.6 Å². The molecular weight excluding hydrogens is 113 g/mol. The van der Waals surface area contributed by atoms with Crippen LogP contribution in [0.15, 0.2) is 0 Å². The molecule has 6 heteroatoms. The van der Waals surface area contributed by atoms with Crippen molar-refractivity contribution in [1.82, 2.24) is 6.15 Å². The van der Waals surface area contributed by atoms with E-state index in [9.17, 15) is 0 Å². The molecule has 0 spiro atoms.